The molecule has 0 atom stereocenters. The highest BCUT2D eigenvalue weighted by molar-refractivity contribution is 9.10. The van der Waals surface area contributed by atoms with Crippen LogP contribution in [0.15, 0.2) is 33.2 Å². The number of primary amides is 1. The molecule has 110 valence electrons. The molecule has 0 saturated carbocycles. The Morgan fingerprint density at radius 1 is 1.33 bits per heavy atom. The minimum absolute atomic E-state index is 0.150. The van der Waals surface area contributed by atoms with E-state index in [1.165, 1.54) is 6.07 Å². The van der Waals surface area contributed by atoms with E-state index in [0.29, 0.717) is 28.1 Å². The molecule has 0 bridgehead atoms. The standard InChI is InChI=1S/C14H13BrN2O4/c1-7-11(14(19)20)5-9(21-7)6-17-8-2-3-10(13(16)18)12(15)4-8/h2-5,17H,6H2,1H3,(H2,16,18)(H,19,20). The maximum atomic E-state index is 11.1. The fourth-order valence-corrected chi connectivity index (χ4v) is 2.43. The van der Waals surface area contributed by atoms with Crippen LogP contribution in [-0.2, 0) is 6.54 Å². The first-order chi connectivity index (χ1) is 9.88. The van der Waals surface area contributed by atoms with Crippen LogP contribution >= 0.6 is 15.9 Å². The van der Waals surface area contributed by atoms with Crippen LogP contribution in [0, 0.1) is 6.92 Å². The lowest BCUT2D eigenvalue weighted by molar-refractivity contribution is 0.0694. The summed E-state index contributed by atoms with van der Waals surface area (Å²) in [6, 6.07) is 6.51. The van der Waals surface area contributed by atoms with E-state index in [1.807, 2.05) is 0 Å². The predicted octanol–water partition coefficient (Wildman–Crippen LogP) is 2.76. The summed E-state index contributed by atoms with van der Waals surface area (Å²) in [4.78, 5) is 22.0. The molecule has 2 aromatic rings. The number of carboxylic acid groups (broad SMARTS) is 1. The van der Waals surface area contributed by atoms with Gasteiger partial charge >= 0.3 is 5.97 Å². The van der Waals surface area contributed by atoms with E-state index < -0.39 is 11.9 Å². The maximum Gasteiger partial charge on any atom is 0.339 e. The van der Waals surface area contributed by atoms with Crippen molar-refractivity contribution in [3.05, 3.63) is 51.4 Å². The van der Waals surface area contributed by atoms with E-state index >= 15 is 0 Å². The zero-order chi connectivity index (χ0) is 15.6. The van der Waals surface area contributed by atoms with Crippen LogP contribution in [0.5, 0.6) is 0 Å². The van der Waals surface area contributed by atoms with Crippen LogP contribution in [-0.4, -0.2) is 17.0 Å². The van der Waals surface area contributed by atoms with Crippen LogP contribution in [0.3, 0.4) is 0 Å². The number of nitrogens with one attached hydrogen (secondary N) is 1. The fraction of sp³-hybridized carbons (Fsp3) is 0.143. The van der Waals surface area contributed by atoms with Crippen LogP contribution in [0.2, 0.25) is 0 Å². The molecule has 1 amide bonds. The number of hydrogen-bond donors (Lipinski definition) is 3. The number of nitrogens with two attached hydrogens (primary N) is 1. The Hall–Kier alpha value is -2.28. The topological polar surface area (TPSA) is 106 Å². The van der Waals surface area contributed by atoms with Crippen molar-refractivity contribution >= 4 is 33.5 Å². The highest BCUT2D eigenvalue weighted by Gasteiger charge is 2.13. The molecule has 0 unspecified atom stereocenters. The number of anilines is 1. The lowest BCUT2D eigenvalue weighted by atomic mass is 10.2. The summed E-state index contributed by atoms with van der Waals surface area (Å²) in [6.45, 7) is 1.93. The van der Waals surface area contributed by atoms with E-state index in [2.05, 4.69) is 21.2 Å². The van der Waals surface area contributed by atoms with E-state index in [1.54, 1.807) is 25.1 Å². The number of halogens is 1. The van der Waals surface area contributed by atoms with Gasteiger partial charge in [-0.1, -0.05) is 0 Å². The second-order valence-electron chi connectivity index (χ2n) is 4.40. The van der Waals surface area contributed by atoms with Gasteiger partial charge in [0.05, 0.1) is 12.1 Å². The van der Waals surface area contributed by atoms with Crippen molar-refractivity contribution in [2.24, 2.45) is 5.73 Å². The number of benzene rings is 1. The molecule has 0 aliphatic carbocycles. The minimum atomic E-state index is -1.02. The molecule has 1 aromatic carbocycles. The second-order valence-corrected chi connectivity index (χ2v) is 5.25. The highest BCUT2D eigenvalue weighted by Crippen LogP contribution is 2.22. The van der Waals surface area contributed by atoms with Gasteiger partial charge in [-0.3, -0.25) is 4.79 Å². The number of hydrogen-bond acceptors (Lipinski definition) is 4. The van der Waals surface area contributed by atoms with E-state index in [-0.39, 0.29) is 5.56 Å². The summed E-state index contributed by atoms with van der Waals surface area (Å²) in [5.74, 6) is -0.651. The van der Waals surface area contributed by atoms with Crippen molar-refractivity contribution in [3.63, 3.8) is 0 Å². The van der Waals surface area contributed by atoms with Crippen LogP contribution in [0.1, 0.15) is 32.2 Å². The van der Waals surface area contributed by atoms with Crippen molar-refractivity contribution < 1.29 is 19.1 Å². The summed E-state index contributed by atoms with van der Waals surface area (Å²) in [7, 11) is 0. The van der Waals surface area contributed by atoms with Crippen molar-refractivity contribution in [1.29, 1.82) is 0 Å². The van der Waals surface area contributed by atoms with Crippen LogP contribution in [0.4, 0.5) is 5.69 Å². The number of amides is 1. The largest absolute Gasteiger partial charge is 0.478 e. The summed E-state index contributed by atoms with van der Waals surface area (Å²) in [5, 5.41) is 12.0. The zero-order valence-electron chi connectivity index (χ0n) is 11.1. The number of carbonyl (C=O) groups excluding carboxylic acids is 1. The molecular weight excluding hydrogens is 340 g/mol. The van der Waals surface area contributed by atoms with E-state index in [0.717, 1.165) is 5.69 Å². The summed E-state index contributed by atoms with van der Waals surface area (Å²) in [5.41, 5.74) is 6.51. The number of furan rings is 1. The number of carbonyl (C=O) groups is 2. The molecule has 1 heterocycles. The third kappa shape index (κ3) is 3.43. The molecule has 0 saturated heterocycles. The molecule has 2 rings (SSSR count). The van der Waals surface area contributed by atoms with E-state index in [4.69, 9.17) is 15.3 Å². The Bertz CT molecular complexity index is 709. The summed E-state index contributed by atoms with van der Waals surface area (Å²) >= 11 is 3.27. The van der Waals surface area contributed by atoms with Crippen LogP contribution < -0.4 is 11.1 Å². The van der Waals surface area contributed by atoms with Crippen LogP contribution in [0.25, 0.3) is 0 Å². The minimum Gasteiger partial charge on any atom is -0.478 e. The van der Waals surface area contributed by atoms with Crippen molar-refractivity contribution in [3.8, 4) is 0 Å². The first kappa shape index (κ1) is 15.1. The average molecular weight is 353 g/mol. The molecule has 21 heavy (non-hydrogen) atoms. The van der Waals surface area contributed by atoms with Crippen molar-refractivity contribution in [1.82, 2.24) is 0 Å². The Morgan fingerprint density at radius 2 is 2.05 bits per heavy atom. The van der Waals surface area contributed by atoms with E-state index in [9.17, 15) is 9.59 Å². The molecule has 0 radical (unpaired) electrons. The fourth-order valence-electron chi connectivity index (χ4n) is 1.86. The Morgan fingerprint density at radius 3 is 2.57 bits per heavy atom. The quantitative estimate of drug-likeness (QED) is 0.767. The molecule has 7 heteroatoms. The van der Waals surface area contributed by atoms with Gasteiger partial charge in [-0.25, -0.2) is 4.79 Å². The SMILES string of the molecule is Cc1oc(CNc2ccc(C(N)=O)c(Br)c2)cc1C(=O)O. The monoisotopic (exact) mass is 352 g/mol. The van der Waals surface area contributed by atoms with Gasteiger partial charge in [0, 0.05) is 10.2 Å². The van der Waals surface area contributed by atoms with Crippen molar-refractivity contribution in [2.45, 2.75) is 13.5 Å². The maximum absolute atomic E-state index is 11.1. The van der Waals surface area contributed by atoms with Gasteiger partial charge < -0.3 is 20.6 Å². The smallest absolute Gasteiger partial charge is 0.339 e. The first-order valence-electron chi connectivity index (χ1n) is 6.04. The number of carboxylic acids is 1. The second kappa shape index (κ2) is 6.01. The molecule has 4 N–H and O–H groups in total. The lowest BCUT2D eigenvalue weighted by Crippen LogP contribution is -2.11. The summed E-state index contributed by atoms with van der Waals surface area (Å²) < 4.78 is 5.95. The van der Waals surface area contributed by atoms with Gasteiger partial charge in [-0.15, -0.1) is 0 Å². The molecule has 6 nitrogen and oxygen atoms in total. The third-order valence-corrected chi connectivity index (χ3v) is 3.56. The van der Waals surface area contributed by atoms with Crippen molar-refractivity contribution in [2.75, 3.05) is 5.32 Å². The third-order valence-electron chi connectivity index (χ3n) is 2.90. The number of aryl methyl sites for hydroxylation is 1. The molecule has 0 aliphatic heterocycles. The number of aromatic carboxylic acids is 1. The lowest BCUT2D eigenvalue weighted by Gasteiger charge is -2.07. The normalized spacial score (nSPS) is 10.4. The van der Waals surface area contributed by atoms with Gasteiger partial charge in [0.25, 0.3) is 0 Å². The highest BCUT2D eigenvalue weighted by atomic mass is 79.9. The van der Waals surface area contributed by atoms with Gasteiger partial charge in [0.15, 0.2) is 0 Å². The Labute approximate surface area is 129 Å². The summed E-state index contributed by atoms with van der Waals surface area (Å²) in [6.07, 6.45) is 0. The first-order valence-corrected chi connectivity index (χ1v) is 6.83. The molecule has 0 fully saturated rings. The van der Waals surface area contributed by atoms with Gasteiger partial charge in [-0.05, 0) is 47.1 Å². The molecule has 0 aliphatic rings. The number of rotatable bonds is 5. The Kier molecular flexibility index (Phi) is 4.32. The molecular formula is C14H13BrN2O4. The molecule has 1 aromatic heterocycles. The average Bonchev–Trinajstić information content (AvgIpc) is 2.77. The Balaban J connectivity index is 2.10. The van der Waals surface area contributed by atoms with Gasteiger partial charge in [0.1, 0.15) is 17.1 Å². The molecule has 0 spiro atoms. The van der Waals surface area contributed by atoms with Gasteiger partial charge in [0.2, 0.25) is 5.91 Å². The predicted molar refractivity (Wildman–Crippen MR) is 80.4 cm³/mol. The zero-order valence-corrected chi connectivity index (χ0v) is 12.7. The van der Waals surface area contributed by atoms with Gasteiger partial charge in [-0.2, -0.15) is 0 Å².